The van der Waals surface area contributed by atoms with Crippen LogP contribution in [-0.2, 0) is 16.0 Å². The second-order valence-electron chi connectivity index (χ2n) is 6.34. The van der Waals surface area contributed by atoms with Crippen molar-refractivity contribution < 1.29 is 9.59 Å². The molecular formula is C17H25ClN2O2. The summed E-state index contributed by atoms with van der Waals surface area (Å²) < 4.78 is 0. The van der Waals surface area contributed by atoms with E-state index in [4.69, 9.17) is 11.6 Å². The van der Waals surface area contributed by atoms with E-state index in [-0.39, 0.29) is 17.2 Å². The molecule has 0 fully saturated rings. The van der Waals surface area contributed by atoms with Gasteiger partial charge in [0.15, 0.2) is 0 Å². The number of halogens is 1. The molecule has 0 unspecified atom stereocenters. The van der Waals surface area contributed by atoms with Crippen molar-refractivity contribution in [3.05, 3.63) is 34.9 Å². The summed E-state index contributed by atoms with van der Waals surface area (Å²) in [4.78, 5) is 23.3. The summed E-state index contributed by atoms with van der Waals surface area (Å²) in [5, 5.41) is 6.41. The molecule has 0 aromatic heterocycles. The minimum Gasteiger partial charge on any atom is -0.356 e. The van der Waals surface area contributed by atoms with Crippen molar-refractivity contribution in [2.24, 2.45) is 5.41 Å². The van der Waals surface area contributed by atoms with Crippen molar-refractivity contribution in [3.8, 4) is 0 Å². The molecule has 0 atom stereocenters. The largest absolute Gasteiger partial charge is 0.356 e. The normalized spacial score (nSPS) is 11.1. The Hall–Kier alpha value is -1.55. The summed E-state index contributed by atoms with van der Waals surface area (Å²) in [6.07, 6.45) is 1.82. The lowest BCUT2D eigenvalue weighted by atomic mass is 9.96. The summed E-state index contributed by atoms with van der Waals surface area (Å²) in [7, 11) is 0. The van der Waals surface area contributed by atoms with Gasteiger partial charge < -0.3 is 10.6 Å². The van der Waals surface area contributed by atoms with Gasteiger partial charge in [-0.1, -0.05) is 44.5 Å². The highest BCUT2D eigenvalue weighted by Crippen LogP contribution is 2.12. The highest BCUT2D eigenvalue weighted by atomic mass is 35.5. The Morgan fingerprint density at radius 3 is 2.50 bits per heavy atom. The summed E-state index contributed by atoms with van der Waals surface area (Å²) in [5.74, 6) is 0.0147. The number of amides is 2. The lowest BCUT2D eigenvalue weighted by molar-refractivity contribution is -0.128. The molecule has 0 saturated carbocycles. The smallest absolute Gasteiger partial charge is 0.225 e. The monoisotopic (exact) mass is 324 g/mol. The Kier molecular flexibility index (Phi) is 7.39. The van der Waals surface area contributed by atoms with Gasteiger partial charge in [-0.15, -0.1) is 0 Å². The van der Waals surface area contributed by atoms with E-state index in [0.717, 1.165) is 12.0 Å². The van der Waals surface area contributed by atoms with Crippen LogP contribution in [0.2, 0.25) is 5.02 Å². The lowest BCUT2D eigenvalue weighted by Crippen LogP contribution is -2.35. The molecule has 1 aromatic carbocycles. The van der Waals surface area contributed by atoms with Crippen molar-refractivity contribution in [1.82, 2.24) is 10.6 Å². The van der Waals surface area contributed by atoms with E-state index in [1.54, 1.807) is 0 Å². The number of carbonyl (C=O) groups excluding carboxylic acids is 2. The van der Waals surface area contributed by atoms with Gasteiger partial charge in [-0.05, 0) is 30.5 Å². The van der Waals surface area contributed by atoms with E-state index in [9.17, 15) is 9.59 Å². The van der Waals surface area contributed by atoms with Gasteiger partial charge in [-0.3, -0.25) is 9.59 Å². The SMILES string of the molecule is CC(C)(C)C(=O)NCCCC(=O)NCCc1cccc(Cl)c1. The molecule has 0 aliphatic heterocycles. The van der Waals surface area contributed by atoms with Crippen molar-refractivity contribution in [3.63, 3.8) is 0 Å². The van der Waals surface area contributed by atoms with Crippen molar-refractivity contribution in [2.45, 2.75) is 40.0 Å². The third-order valence-electron chi connectivity index (χ3n) is 3.17. The highest BCUT2D eigenvalue weighted by Gasteiger charge is 2.20. The molecule has 0 spiro atoms. The molecule has 0 aliphatic rings. The third kappa shape index (κ3) is 7.46. The fraction of sp³-hybridized carbons (Fsp3) is 0.529. The lowest BCUT2D eigenvalue weighted by Gasteiger charge is -2.17. The fourth-order valence-electron chi connectivity index (χ4n) is 1.84. The molecule has 0 aliphatic carbocycles. The van der Waals surface area contributed by atoms with Gasteiger partial charge in [0, 0.05) is 29.9 Å². The van der Waals surface area contributed by atoms with Crippen LogP contribution >= 0.6 is 11.6 Å². The number of hydrogen-bond donors (Lipinski definition) is 2. The Labute approximate surface area is 137 Å². The first-order valence-electron chi connectivity index (χ1n) is 7.58. The number of nitrogens with one attached hydrogen (secondary N) is 2. The van der Waals surface area contributed by atoms with E-state index >= 15 is 0 Å². The quantitative estimate of drug-likeness (QED) is 0.758. The zero-order chi connectivity index (χ0) is 16.6. The highest BCUT2D eigenvalue weighted by molar-refractivity contribution is 6.30. The van der Waals surface area contributed by atoms with Crippen LogP contribution in [0.3, 0.4) is 0 Å². The van der Waals surface area contributed by atoms with Crippen LogP contribution in [-0.4, -0.2) is 24.9 Å². The molecule has 122 valence electrons. The molecule has 1 aromatic rings. The zero-order valence-corrected chi connectivity index (χ0v) is 14.3. The van der Waals surface area contributed by atoms with E-state index in [1.807, 2.05) is 45.0 Å². The van der Waals surface area contributed by atoms with Crippen LogP contribution in [0.5, 0.6) is 0 Å². The predicted octanol–water partition coefficient (Wildman–Crippen LogP) is 2.94. The number of benzene rings is 1. The Morgan fingerprint density at radius 2 is 1.86 bits per heavy atom. The van der Waals surface area contributed by atoms with Gasteiger partial charge >= 0.3 is 0 Å². The van der Waals surface area contributed by atoms with Gasteiger partial charge in [0.2, 0.25) is 11.8 Å². The predicted molar refractivity (Wildman–Crippen MR) is 89.9 cm³/mol. The van der Waals surface area contributed by atoms with Gasteiger partial charge in [-0.2, -0.15) is 0 Å². The summed E-state index contributed by atoms with van der Waals surface area (Å²) in [6.45, 7) is 6.71. The van der Waals surface area contributed by atoms with Crippen molar-refractivity contribution in [1.29, 1.82) is 0 Å². The van der Waals surface area contributed by atoms with E-state index < -0.39 is 0 Å². The Balaban J connectivity index is 2.13. The number of hydrogen-bond acceptors (Lipinski definition) is 2. The topological polar surface area (TPSA) is 58.2 Å². The molecule has 0 saturated heterocycles. The average molecular weight is 325 g/mol. The zero-order valence-electron chi connectivity index (χ0n) is 13.5. The summed E-state index contributed by atoms with van der Waals surface area (Å²) in [6, 6.07) is 7.61. The van der Waals surface area contributed by atoms with Crippen molar-refractivity contribution in [2.75, 3.05) is 13.1 Å². The maximum absolute atomic E-state index is 11.7. The second kappa shape index (κ2) is 8.79. The maximum Gasteiger partial charge on any atom is 0.225 e. The molecule has 2 N–H and O–H groups in total. The molecule has 0 heterocycles. The first-order chi connectivity index (χ1) is 10.3. The first-order valence-corrected chi connectivity index (χ1v) is 7.96. The molecule has 2 amide bonds. The molecule has 0 radical (unpaired) electrons. The minimum absolute atomic E-state index is 0.00651. The summed E-state index contributed by atoms with van der Waals surface area (Å²) >= 11 is 5.91. The van der Waals surface area contributed by atoms with E-state index in [1.165, 1.54) is 0 Å². The van der Waals surface area contributed by atoms with E-state index in [2.05, 4.69) is 10.6 Å². The third-order valence-corrected chi connectivity index (χ3v) is 3.41. The molecular weight excluding hydrogens is 300 g/mol. The van der Waals surface area contributed by atoms with Crippen LogP contribution in [0, 0.1) is 5.41 Å². The van der Waals surface area contributed by atoms with Gasteiger partial charge in [0.05, 0.1) is 0 Å². The molecule has 5 heteroatoms. The number of carbonyl (C=O) groups is 2. The van der Waals surface area contributed by atoms with Crippen LogP contribution < -0.4 is 10.6 Å². The summed E-state index contributed by atoms with van der Waals surface area (Å²) in [5.41, 5.74) is 0.712. The van der Waals surface area contributed by atoms with Crippen LogP contribution in [0.15, 0.2) is 24.3 Å². The minimum atomic E-state index is -0.390. The number of rotatable bonds is 7. The van der Waals surface area contributed by atoms with Gasteiger partial charge in [-0.25, -0.2) is 0 Å². The molecule has 1 rings (SSSR count). The van der Waals surface area contributed by atoms with E-state index in [0.29, 0.717) is 31.0 Å². The second-order valence-corrected chi connectivity index (χ2v) is 6.78. The maximum atomic E-state index is 11.7. The van der Waals surface area contributed by atoms with Gasteiger partial charge in [0.1, 0.15) is 0 Å². The van der Waals surface area contributed by atoms with Crippen LogP contribution in [0.4, 0.5) is 0 Å². The average Bonchev–Trinajstić information content (AvgIpc) is 2.42. The first kappa shape index (κ1) is 18.5. The molecule has 0 bridgehead atoms. The Bertz CT molecular complexity index is 510. The van der Waals surface area contributed by atoms with Crippen molar-refractivity contribution >= 4 is 23.4 Å². The Morgan fingerprint density at radius 1 is 1.14 bits per heavy atom. The van der Waals surface area contributed by atoms with Crippen LogP contribution in [0.1, 0.15) is 39.2 Å². The molecule has 22 heavy (non-hydrogen) atoms. The molecule has 4 nitrogen and oxygen atoms in total. The fourth-order valence-corrected chi connectivity index (χ4v) is 2.06. The van der Waals surface area contributed by atoms with Crippen LogP contribution in [0.25, 0.3) is 0 Å². The van der Waals surface area contributed by atoms with Gasteiger partial charge in [0.25, 0.3) is 0 Å². The standard InChI is InChI=1S/C17H25ClN2O2/c1-17(2,3)16(22)20-10-5-8-15(21)19-11-9-13-6-4-7-14(18)12-13/h4,6-7,12H,5,8-11H2,1-3H3,(H,19,21)(H,20,22).